The van der Waals surface area contributed by atoms with Gasteiger partial charge in [-0.25, -0.2) is 29.9 Å². The predicted molar refractivity (Wildman–Crippen MR) is 354 cm³/mol. The molecule has 2 N–H and O–H groups in total. The Morgan fingerprint density at radius 2 is 0.406 bits per heavy atom. The third-order valence-electron chi connectivity index (χ3n) is 15.9. The minimum Gasteiger partial charge on any atom is -0.461 e. The van der Waals surface area contributed by atoms with E-state index in [9.17, 15) is 38.4 Å². The van der Waals surface area contributed by atoms with Crippen molar-refractivity contribution in [3.8, 4) is 45.6 Å². The number of benzene rings is 4. The summed E-state index contributed by atoms with van der Waals surface area (Å²) < 4.78 is 46.6. The molecule has 24 nitrogen and oxygen atoms in total. The van der Waals surface area contributed by atoms with Gasteiger partial charge in [-0.05, 0) is 144 Å². The fraction of sp³-hybridized carbons (Fsp3) is 0.444. The lowest BCUT2D eigenvalue weighted by Crippen LogP contribution is -2.09. The van der Waals surface area contributed by atoms with Gasteiger partial charge in [0.1, 0.15) is 75.4 Å². The molecule has 0 saturated carbocycles. The van der Waals surface area contributed by atoms with Crippen molar-refractivity contribution in [1.82, 2.24) is 39.9 Å². The van der Waals surface area contributed by atoms with Gasteiger partial charge in [-0.3, -0.25) is 38.4 Å². The molecule has 0 aliphatic carbocycles. The van der Waals surface area contributed by atoms with Crippen molar-refractivity contribution in [3.05, 3.63) is 93.0 Å². The maximum atomic E-state index is 13.1. The van der Waals surface area contributed by atoms with E-state index in [0.717, 1.165) is 0 Å². The number of nitrogens with zero attached hydrogens (tertiary/aromatic N) is 6. The monoisotopic (exact) mass is 1310 g/mol. The van der Waals surface area contributed by atoms with Gasteiger partial charge in [0.05, 0.1) is 0 Å². The van der Waals surface area contributed by atoms with Crippen molar-refractivity contribution in [2.75, 3.05) is 0 Å². The minimum atomic E-state index is -0.435. The van der Waals surface area contributed by atoms with Crippen LogP contribution in [-0.2, 0) is 129 Å². The Morgan fingerprint density at radius 3 is 0.562 bits per heavy atom. The zero-order chi connectivity index (χ0) is 68.4. The van der Waals surface area contributed by atoms with Crippen molar-refractivity contribution in [2.45, 2.75) is 211 Å². The number of carbonyl (C=O) groups is 8. The average molecular weight is 1320 g/mol. The van der Waals surface area contributed by atoms with Crippen molar-refractivity contribution < 1.29 is 76.3 Å². The summed E-state index contributed by atoms with van der Waals surface area (Å²) in [6, 6.07) is 14.2. The highest BCUT2D eigenvalue weighted by molar-refractivity contribution is 6.07. The minimum absolute atomic E-state index is 0.129. The van der Waals surface area contributed by atoms with E-state index in [1.54, 1.807) is 48.5 Å². The summed E-state index contributed by atoms with van der Waals surface area (Å²) >= 11 is 0. The van der Waals surface area contributed by atoms with Crippen LogP contribution in [0.5, 0.6) is 0 Å². The van der Waals surface area contributed by atoms with E-state index in [4.69, 9.17) is 67.8 Å². The first kappa shape index (κ1) is 70.3. The molecule has 2 aliphatic heterocycles. The summed E-state index contributed by atoms with van der Waals surface area (Å²) in [7, 11) is 0. The van der Waals surface area contributed by atoms with Gasteiger partial charge in [0.2, 0.25) is 0 Å². The number of esters is 8. The number of carbonyl (C=O) groups excluding carboxylic acids is 8. The smallest absolute Gasteiger partial charge is 0.306 e. The van der Waals surface area contributed by atoms with Crippen LogP contribution in [0.25, 0.3) is 89.7 Å². The maximum absolute atomic E-state index is 13.1. The molecule has 3 aromatic heterocycles. The van der Waals surface area contributed by atoms with Crippen LogP contribution in [0.3, 0.4) is 0 Å². The molecule has 4 aromatic carbocycles. The third kappa shape index (κ3) is 17.5. The van der Waals surface area contributed by atoms with Gasteiger partial charge in [0, 0.05) is 95.2 Å². The molecule has 506 valence electrons. The van der Waals surface area contributed by atoms with E-state index in [2.05, 4.69) is 9.97 Å². The molecule has 7 aromatic rings. The van der Waals surface area contributed by atoms with Gasteiger partial charge in [-0.15, -0.1) is 0 Å². The van der Waals surface area contributed by atoms with Crippen LogP contribution >= 0.6 is 0 Å². The number of aromatic amines is 2. The molecule has 0 saturated heterocycles. The predicted octanol–water partition coefficient (Wildman–Crippen LogP) is 13.6. The molecule has 0 atom stereocenters. The summed E-state index contributed by atoms with van der Waals surface area (Å²) in [6.07, 6.45) is 5.68. The van der Waals surface area contributed by atoms with Crippen molar-refractivity contribution in [2.24, 2.45) is 0 Å². The fourth-order valence-corrected chi connectivity index (χ4v) is 10.9. The second kappa shape index (κ2) is 33.4. The van der Waals surface area contributed by atoms with Crippen LogP contribution in [-0.4, -0.2) is 87.6 Å². The number of aromatic nitrogens is 8. The van der Waals surface area contributed by atoms with Crippen LogP contribution in [0.15, 0.2) is 48.5 Å². The van der Waals surface area contributed by atoms with Gasteiger partial charge >= 0.3 is 47.8 Å². The van der Waals surface area contributed by atoms with E-state index in [0.29, 0.717) is 140 Å². The van der Waals surface area contributed by atoms with Gasteiger partial charge in [-0.2, -0.15) is 0 Å². The normalized spacial score (nSPS) is 11.4. The highest BCUT2D eigenvalue weighted by atomic mass is 16.6. The number of nitrogens with one attached hydrogen (secondary N) is 2. The Balaban J connectivity index is 1.43. The molecular formula is C72H82N8O16. The highest BCUT2D eigenvalue weighted by Gasteiger charge is 2.28. The molecule has 96 heavy (non-hydrogen) atoms. The van der Waals surface area contributed by atoms with Crippen molar-refractivity contribution >= 4 is 91.9 Å². The van der Waals surface area contributed by atoms with Crippen molar-refractivity contribution in [3.63, 3.8) is 0 Å². The number of hydrogen-bond acceptors (Lipinski definition) is 22. The van der Waals surface area contributed by atoms with Crippen LogP contribution in [0.4, 0.5) is 0 Å². The Morgan fingerprint density at radius 1 is 0.250 bits per heavy atom. The molecule has 0 spiro atoms. The Hall–Kier alpha value is -10.0. The van der Waals surface area contributed by atoms with Gasteiger partial charge < -0.3 is 47.9 Å². The Bertz CT molecular complexity index is 3760. The fourth-order valence-electron chi connectivity index (χ4n) is 10.9. The Labute approximate surface area is 555 Å². The first-order chi connectivity index (χ1) is 46.5. The molecule has 0 amide bonds. The quantitative estimate of drug-likeness (QED) is 0.0292. The molecule has 5 heterocycles. The lowest BCUT2D eigenvalue weighted by molar-refractivity contribution is -0.146. The van der Waals surface area contributed by atoms with E-state index in [1.807, 2.05) is 55.4 Å². The number of ether oxygens (including phenoxy) is 8. The molecule has 9 rings (SSSR count). The number of H-pyrrole nitrogens is 2. The second-order valence-corrected chi connectivity index (χ2v) is 23.6. The number of fused-ring (bicyclic) bond motifs is 20. The molecule has 0 radical (unpaired) electrons. The van der Waals surface area contributed by atoms with Gasteiger partial charge in [0.25, 0.3) is 0 Å². The Kier molecular flexibility index (Phi) is 24.5. The number of rotatable bonds is 32. The van der Waals surface area contributed by atoms with E-state index < -0.39 is 47.8 Å². The third-order valence-corrected chi connectivity index (χ3v) is 15.9. The lowest BCUT2D eigenvalue weighted by atomic mass is 9.99. The second-order valence-electron chi connectivity index (χ2n) is 23.6. The van der Waals surface area contributed by atoms with E-state index in [1.165, 1.54) is 0 Å². The standard InChI is InChI=1S/C72H82N8O16/c1-9-17-57(81)89-33-41-25-49-50(26-42(41)34-90-58(82)18-10-2)66-73-65(49)77-67-51-27-43(35-91-59(83)19-11-3)44(36-92-60(84)20-12-4)28-52(51)69(74-67)79-71-55-31-47(39-95-63(87)23-15-7)48(40-96-64(88)24-16-8)32-56(55)72(76-71)80-70-54-30-46(38-94-62(86)22-14-6)45(37-93-61(85)21-13-5)29-53(54)68(75-70)78-66/h25-32H,9-24,33-40H2,1-8H3,(H2,73,74,75,76,77,78,79,80). The summed E-state index contributed by atoms with van der Waals surface area (Å²) in [5, 5.41) is 1.87. The molecular weight excluding hydrogens is 1230 g/mol. The SMILES string of the molecule is CCCC(=O)OCc1cc2c(cc1COC(=O)CCC)-c1nc-2nc2[nH]c(nc3nc(nc4[nH]c(n1)c1cc(COC(=O)CCC)c(COC(=O)CCC)cc41)-c1cc(COC(=O)CCC)c(COC(=O)CCC)cc1-3)c1cc(COC(=O)CCC)c(COC(=O)CCC)cc21. The molecule has 8 bridgehead atoms. The van der Waals surface area contributed by atoms with Crippen LogP contribution in [0, 0.1) is 0 Å². The van der Waals surface area contributed by atoms with Crippen LogP contribution in [0.1, 0.15) is 203 Å². The number of hydrogen-bond donors (Lipinski definition) is 2. The summed E-state index contributed by atoms with van der Waals surface area (Å²) in [4.78, 5) is 143. The van der Waals surface area contributed by atoms with E-state index >= 15 is 0 Å². The average Bonchev–Trinajstić information content (AvgIpc) is 1.62. The van der Waals surface area contributed by atoms with Crippen molar-refractivity contribution in [1.29, 1.82) is 0 Å². The summed E-state index contributed by atoms with van der Waals surface area (Å²) in [5.41, 5.74) is 6.61. The van der Waals surface area contributed by atoms with Gasteiger partial charge in [0.15, 0.2) is 23.3 Å². The van der Waals surface area contributed by atoms with Gasteiger partial charge in [-0.1, -0.05) is 55.4 Å². The molecule has 0 unspecified atom stereocenters. The maximum Gasteiger partial charge on any atom is 0.306 e. The van der Waals surface area contributed by atoms with E-state index in [-0.39, 0.29) is 150 Å². The first-order valence-corrected chi connectivity index (χ1v) is 33.2. The molecule has 0 fully saturated rings. The molecule has 24 heteroatoms. The lowest BCUT2D eigenvalue weighted by Gasteiger charge is -2.13. The summed E-state index contributed by atoms with van der Waals surface area (Å²) in [5.74, 6) is -2.96. The molecule has 2 aliphatic rings. The largest absolute Gasteiger partial charge is 0.461 e. The topological polar surface area (TPSA) is 319 Å². The first-order valence-electron chi connectivity index (χ1n) is 33.2. The van der Waals surface area contributed by atoms with Crippen LogP contribution < -0.4 is 0 Å². The zero-order valence-corrected chi connectivity index (χ0v) is 55.8. The highest BCUT2D eigenvalue weighted by Crippen LogP contribution is 2.41. The zero-order valence-electron chi connectivity index (χ0n) is 55.8. The summed E-state index contributed by atoms with van der Waals surface area (Å²) in [6.45, 7) is 13.4. The van der Waals surface area contributed by atoms with Crippen LogP contribution in [0.2, 0.25) is 0 Å².